The van der Waals surface area contributed by atoms with E-state index in [0.717, 1.165) is 64.6 Å². The van der Waals surface area contributed by atoms with Gasteiger partial charge in [0.15, 0.2) is 0 Å². The van der Waals surface area contributed by atoms with Gasteiger partial charge in [-0.25, -0.2) is 0 Å². The molecule has 2 aromatic rings. The average Bonchev–Trinajstić information content (AvgIpc) is 3.15. The lowest BCUT2D eigenvalue weighted by Crippen LogP contribution is -2.37. The number of morpholine rings is 1. The second kappa shape index (κ2) is 7.89. The van der Waals surface area contributed by atoms with Crippen LogP contribution in [0.25, 0.3) is 11.1 Å². The zero-order valence-corrected chi connectivity index (χ0v) is 14.7. The number of benzene rings is 2. The summed E-state index contributed by atoms with van der Waals surface area (Å²) < 4.78 is 11.4. The Bertz CT molecular complexity index is 711. The van der Waals surface area contributed by atoms with E-state index in [-0.39, 0.29) is 0 Å². The van der Waals surface area contributed by atoms with Gasteiger partial charge in [0.05, 0.1) is 19.8 Å². The number of ether oxygens (including phenoxy) is 2. The second-order valence-corrected chi connectivity index (χ2v) is 6.69. The number of anilines is 1. The summed E-state index contributed by atoms with van der Waals surface area (Å²) in [6, 6.07) is 15.0. The molecular formula is C21H26N2O2. The van der Waals surface area contributed by atoms with Crippen molar-refractivity contribution in [3.63, 3.8) is 0 Å². The summed E-state index contributed by atoms with van der Waals surface area (Å²) in [6.45, 7) is 6.68. The van der Waals surface area contributed by atoms with Gasteiger partial charge in [-0.1, -0.05) is 24.3 Å². The predicted molar refractivity (Wildman–Crippen MR) is 101 cm³/mol. The van der Waals surface area contributed by atoms with Crippen LogP contribution in [0.2, 0.25) is 0 Å². The highest BCUT2D eigenvalue weighted by molar-refractivity contribution is 5.76. The fourth-order valence-electron chi connectivity index (χ4n) is 3.67. The van der Waals surface area contributed by atoms with Gasteiger partial charge in [0.25, 0.3) is 0 Å². The van der Waals surface area contributed by atoms with E-state index in [4.69, 9.17) is 9.47 Å². The molecule has 4 heteroatoms. The fraction of sp³-hybridized carbons (Fsp3) is 0.429. The van der Waals surface area contributed by atoms with Gasteiger partial charge in [-0.05, 0) is 47.7 Å². The lowest BCUT2D eigenvalue weighted by atomic mass is 9.98. The number of rotatable bonds is 6. The second-order valence-electron chi connectivity index (χ2n) is 6.69. The minimum absolute atomic E-state index is 0.759. The molecule has 1 N–H and O–H groups in total. The highest BCUT2D eigenvalue weighted by Gasteiger charge is 2.15. The van der Waals surface area contributed by atoms with E-state index < -0.39 is 0 Å². The molecule has 2 aliphatic heterocycles. The van der Waals surface area contributed by atoms with Crippen molar-refractivity contribution in [3.05, 3.63) is 48.0 Å². The Morgan fingerprint density at radius 3 is 2.88 bits per heavy atom. The third-order valence-corrected chi connectivity index (χ3v) is 5.00. The van der Waals surface area contributed by atoms with Crippen LogP contribution in [-0.2, 0) is 11.2 Å². The zero-order chi connectivity index (χ0) is 16.9. The quantitative estimate of drug-likeness (QED) is 0.818. The Morgan fingerprint density at radius 1 is 1.08 bits per heavy atom. The molecule has 0 amide bonds. The first-order valence-electron chi connectivity index (χ1n) is 9.29. The fourth-order valence-corrected chi connectivity index (χ4v) is 3.67. The Kier molecular flexibility index (Phi) is 5.19. The normalized spacial score (nSPS) is 17.1. The molecule has 0 spiro atoms. The summed E-state index contributed by atoms with van der Waals surface area (Å²) >= 11 is 0. The van der Waals surface area contributed by atoms with Gasteiger partial charge < -0.3 is 14.8 Å². The van der Waals surface area contributed by atoms with Crippen LogP contribution in [0.4, 0.5) is 5.69 Å². The van der Waals surface area contributed by atoms with Crippen LogP contribution in [0.15, 0.2) is 42.5 Å². The third kappa shape index (κ3) is 3.97. The standard InChI is InChI=1S/C21H26N2O2/c1-4-17(19-6-2-7-21-20(19)8-9-22-21)16-18(5-1)25-13-3-10-23-11-14-24-15-12-23/h1-2,4-7,16,22H,3,8-15H2. The Morgan fingerprint density at radius 2 is 1.96 bits per heavy atom. The molecule has 2 aliphatic rings. The average molecular weight is 338 g/mol. The van der Waals surface area contributed by atoms with Crippen LogP contribution in [0, 0.1) is 0 Å². The van der Waals surface area contributed by atoms with Crippen LogP contribution >= 0.6 is 0 Å². The monoisotopic (exact) mass is 338 g/mol. The Labute approximate surface area is 149 Å². The maximum absolute atomic E-state index is 6.01. The molecule has 1 saturated heterocycles. The molecule has 0 bridgehead atoms. The van der Waals surface area contributed by atoms with Gasteiger partial charge in [0, 0.05) is 31.9 Å². The minimum atomic E-state index is 0.759. The molecule has 0 radical (unpaired) electrons. The molecular weight excluding hydrogens is 312 g/mol. The highest BCUT2D eigenvalue weighted by Crippen LogP contribution is 2.34. The smallest absolute Gasteiger partial charge is 0.119 e. The molecule has 2 heterocycles. The third-order valence-electron chi connectivity index (χ3n) is 5.00. The molecule has 25 heavy (non-hydrogen) atoms. The zero-order valence-electron chi connectivity index (χ0n) is 14.7. The molecule has 1 fully saturated rings. The predicted octanol–water partition coefficient (Wildman–Crippen LogP) is 3.42. The van der Waals surface area contributed by atoms with E-state index in [1.807, 2.05) is 0 Å². The summed E-state index contributed by atoms with van der Waals surface area (Å²) in [6.07, 6.45) is 2.14. The molecule has 0 unspecified atom stereocenters. The van der Waals surface area contributed by atoms with Crippen molar-refractivity contribution in [2.45, 2.75) is 12.8 Å². The van der Waals surface area contributed by atoms with Crippen molar-refractivity contribution in [1.82, 2.24) is 4.90 Å². The van der Waals surface area contributed by atoms with Crippen molar-refractivity contribution in [1.29, 1.82) is 0 Å². The van der Waals surface area contributed by atoms with Gasteiger partial charge in [0.1, 0.15) is 5.75 Å². The summed E-state index contributed by atoms with van der Waals surface area (Å²) in [7, 11) is 0. The van der Waals surface area contributed by atoms with Gasteiger partial charge in [-0.2, -0.15) is 0 Å². The van der Waals surface area contributed by atoms with E-state index in [9.17, 15) is 0 Å². The van der Waals surface area contributed by atoms with Gasteiger partial charge >= 0.3 is 0 Å². The SMILES string of the molecule is c1cc(OCCCN2CCOCC2)cc(-c2cccc3c2CCN3)c1. The summed E-state index contributed by atoms with van der Waals surface area (Å²) in [5, 5.41) is 3.45. The Hall–Kier alpha value is -2.04. The Balaban J connectivity index is 1.36. The van der Waals surface area contributed by atoms with E-state index >= 15 is 0 Å². The molecule has 0 aliphatic carbocycles. The van der Waals surface area contributed by atoms with Crippen molar-refractivity contribution in [2.24, 2.45) is 0 Å². The molecule has 0 aromatic heterocycles. The number of fused-ring (bicyclic) bond motifs is 1. The van der Waals surface area contributed by atoms with Crippen molar-refractivity contribution in [3.8, 4) is 16.9 Å². The molecule has 0 atom stereocenters. The van der Waals surface area contributed by atoms with E-state index in [2.05, 4.69) is 52.7 Å². The first kappa shape index (κ1) is 16.4. The lowest BCUT2D eigenvalue weighted by Gasteiger charge is -2.26. The summed E-state index contributed by atoms with van der Waals surface area (Å²) in [5.74, 6) is 0.961. The van der Waals surface area contributed by atoms with Crippen LogP contribution < -0.4 is 10.1 Å². The maximum atomic E-state index is 6.01. The van der Waals surface area contributed by atoms with Crippen LogP contribution in [-0.4, -0.2) is 50.9 Å². The van der Waals surface area contributed by atoms with Gasteiger partial charge in [-0.3, -0.25) is 4.90 Å². The van der Waals surface area contributed by atoms with E-state index in [1.54, 1.807) is 0 Å². The number of hydrogen-bond donors (Lipinski definition) is 1. The maximum Gasteiger partial charge on any atom is 0.119 e. The van der Waals surface area contributed by atoms with Crippen LogP contribution in [0.1, 0.15) is 12.0 Å². The van der Waals surface area contributed by atoms with Crippen molar-refractivity contribution >= 4 is 5.69 Å². The molecule has 4 nitrogen and oxygen atoms in total. The molecule has 0 saturated carbocycles. The summed E-state index contributed by atoms with van der Waals surface area (Å²) in [4.78, 5) is 2.45. The first-order valence-corrected chi connectivity index (χ1v) is 9.29. The summed E-state index contributed by atoms with van der Waals surface area (Å²) in [5.41, 5.74) is 5.26. The molecule has 2 aromatic carbocycles. The highest BCUT2D eigenvalue weighted by atomic mass is 16.5. The minimum Gasteiger partial charge on any atom is -0.494 e. The topological polar surface area (TPSA) is 33.7 Å². The molecule has 4 rings (SSSR count). The van der Waals surface area contributed by atoms with Crippen molar-refractivity contribution < 1.29 is 9.47 Å². The molecule has 132 valence electrons. The number of nitrogens with zero attached hydrogens (tertiary/aromatic N) is 1. The van der Waals surface area contributed by atoms with Gasteiger partial charge in [0.2, 0.25) is 0 Å². The van der Waals surface area contributed by atoms with Crippen LogP contribution in [0.3, 0.4) is 0 Å². The number of nitrogens with one attached hydrogen (secondary N) is 1. The van der Waals surface area contributed by atoms with Crippen LogP contribution in [0.5, 0.6) is 5.75 Å². The first-order chi connectivity index (χ1) is 12.4. The largest absolute Gasteiger partial charge is 0.494 e. The van der Waals surface area contributed by atoms with Gasteiger partial charge in [-0.15, -0.1) is 0 Å². The van der Waals surface area contributed by atoms with Crippen molar-refractivity contribution in [2.75, 3.05) is 51.3 Å². The number of hydrogen-bond acceptors (Lipinski definition) is 4. The van der Waals surface area contributed by atoms with E-state index in [1.165, 1.54) is 22.4 Å². The van der Waals surface area contributed by atoms with E-state index in [0.29, 0.717) is 0 Å². The lowest BCUT2D eigenvalue weighted by molar-refractivity contribution is 0.0358.